The van der Waals surface area contributed by atoms with E-state index in [9.17, 15) is 19.7 Å². The topological polar surface area (TPSA) is 118 Å². The van der Waals surface area contributed by atoms with E-state index in [0.717, 1.165) is 17.0 Å². The summed E-state index contributed by atoms with van der Waals surface area (Å²) in [4.78, 5) is 36.6. The summed E-state index contributed by atoms with van der Waals surface area (Å²) < 4.78 is 4.87. The van der Waals surface area contributed by atoms with Crippen molar-refractivity contribution in [3.8, 4) is 0 Å². The van der Waals surface area contributed by atoms with Gasteiger partial charge in [-0.2, -0.15) is 0 Å². The highest BCUT2D eigenvalue weighted by Gasteiger charge is 2.17. The van der Waals surface area contributed by atoms with Crippen molar-refractivity contribution in [3.63, 3.8) is 0 Å². The molecule has 0 radical (unpaired) electrons. The van der Waals surface area contributed by atoms with Gasteiger partial charge in [0.2, 0.25) is 5.56 Å². The third-order valence-electron chi connectivity index (χ3n) is 3.75. The number of furan rings is 1. The van der Waals surface area contributed by atoms with Gasteiger partial charge in [0, 0.05) is 17.1 Å². The first-order chi connectivity index (χ1) is 11.8. The summed E-state index contributed by atoms with van der Waals surface area (Å²) in [6.07, 6.45) is 0. The SMILES string of the molecule is CC(C)c1cc(=O)[nH]c2cc(NC(=O)c3ccc([N+](=O)[O-])o3)ccc12. The van der Waals surface area contributed by atoms with E-state index in [1.165, 1.54) is 6.07 Å². The zero-order valence-electron chi connectivity index (χ0n) is 13.5. The van der Waals surface area contributed by atoms with Gasteiger partial charge in [0.25, 0.3) is 5.91 Å². The summed E-state index contributed by atoms with van der Waals surface area (Å²) in [6, 6.07) is 9.04. The number of carbonyl (C=O) groups is 1. The van der Waals surface area contributed by atoms with Gasteiger partial charge in [0.15, 0.2) is 5.76 Å². The summed E-state index contributed by atoms with van der Waals surface area (Å²) in [5, 5.41) is 14.1. The van der Waals surface area contributed by atoms with E-state index < -0.39 is 16.7 Å². The monoisotopic (exact) mass is 341 g/mol. The van der Waals surface area contributed by atoms with E-state index in [4.69, 9.17) is 4.42 Å². The number of benzene rings is 1. The van der Waals surface area contributed by atoms with Crippen molar-refractivity contribution in [1.82, 2.24) is 4.98 Å². The fourth-order valence-corrected chi connectivity index (χ4v) is 2.58. The van der Waals surface area contributed by atoms with E-state index in [0.29, 0.717) is 11.2 Å². The number of amides is 1. The molecule has 0 unspecified atom stereocenters. The molecule has 0 atom stereocenters. The van der Waals surface area contributed by atoms with Crippen LogP contribution in [0.1, 0.15) is 35.9 Å². The Bertz CT molecular complexity index is 1030. The van der Waals surface area contributed by atoms with E-state index in [-0.39, 0.29) is 17.2 Å². The highest BCUT2D eigenvalue weighted by atomic mass is 16.6. The summed E-state index contributed by atoms with van der Waals surface area (Å²) >= 11 is 0. The van der Waals surface area contributed by atoms with E-state index in [2.05, 4.69) is 10.3 Å². The smallest absolute Gasteiger partial charge is 0.395 e. The number of anilines is 1. The lowest BCUT2D eigenvalue weighted by Crippen LogP contribution is -2.12. The summed E-state index contributed by atoms with van der Waals surface area (Å²) in [5.41, 5.74) is 1.73. The Morgan fingerprint density at radius 1 is 1.24 bits per heavy atom. The molecule has 25 heavy (non-hydrogen) atoms. The quantitative estimate of drug-likeness (QED) is 0.557. The highest BCUT2D eigenvalue weighted by molar-refractivity contribution is 6.03. The molecule has 0 saturated heterocycles. The van der Waals surface area contributed by atoms with Crippen LogP contribution in [0.25, 0.3) is 10.9 Å². The number of H-pyrrole nitrogens is 1. The molecule has 0 aliphatic carbocycles. The predicted molar refractivity (Wildman–Crippen MR) is 92.0 cm³/mol. The standard InChI is InChI=1S/C17H15N3O5/c1-9(2)12-8-15(21)19-13-7-10(3-4-11(12)13)18-17(22)14-5-6-16(25-14)20(23)24/h3-9H,1-2H3,(H,18,22)(H,19,21). The molecule has 8 nitrogen and oxygen atoms in total. The Labute approximate surface area is 141 Å². The lowest BCUT2D eigenvalue weighted by atomic mass is 9.99. The average molecular weight is 341 g/mol. The Kier molecular flexibility index (Phi) is 4.10. The van der Waals surface area contributed by atoms with Crippen LogP contribution in [0.15, 0.2) is 45.6 Å². The third kappa shape index (κ3) is 3.27. The number of carbonyl (C=O) groups excluding carboxylic acids is 1. The van der Waals surface area contributed by atoms with E-state index >= 15 is 0 Å². The van der Waals surface area contributed by atoms with Gasteiger partial charge in [0.05, 0.1) is 11.6 Å². The number of fused-ring (bicyclic) bond motifs is 1. The number of nitro groups is 1. The number of hydrogen-bond donors (Lipinski definition) is 2. The maximum Gasteiger partial charge on any atom is 0.433 e. The zero-order valence-corrected chi connectivity index (χ0v) is 13.5. The van der Waals surface area contributed by atoms with Crippen LogP contribution in [0, 0.1) is 10.1 Å². The lowest BCUT2D eigenvalue weighted by Gasteiger charge is -2.11. The Hall–Kier alpha value is -3.42. The van der Waals surface area contributed by atoms with Crippen molar-refractivity contribution in [3.05, 3.63) is 68.2 Å². The minimum atomic E-state index is -0.717. The molecule has 0 aliphatic rings. The van der Waals surface area contributed by atoms with E-state index in [1.807, 2.05) is 13.8 Å². The van der Waals surface area contributed by atoms with Crippen LogP contribution in [0.2, 0.25) is 0 Å². The first kappa shape index (κ1) is 16.4. The fraction of sp³-hybridized carbons (Fsp3) is 0.176. The molecule has 0 spiro atoms. The van der Waals surface area contributed by atoms with E-state index in [1.54, 1.807) is 24.3 Å². The van der Waals surface area contributed by atoms with Crippen molar-refractivity contribution in [2.75, 3.05) is 5.32 Å². The van der Waals surface area contributed by atoms with Crippen molar-refractivity contribution in [1.29, 1.82) is 0 Å². The largest absolute Gasteiger partial charge is 0.433 e. The molecule has 2 heterocycles. The molecular formula is C17H15N3O5. The van der Waals surface area contributed by atoms with Crippen molar-refractivity contribution in [2.24, 2.45) is 0 Å². The minimum absolute atomic E-state index is 0.170. The van der Waals surface area contributed by atoms with Gasteiger partial charge in [-0.15, -0.1) is 0 Å². The van der Waals surface area contributed by atoms with Crippen LogP contribution in [0.5, 0.6) is 0 Å². The molecule has 1 aromatic carbocycles. The molecule has 3 rings (SSSR count). The normalized spacial score (nSPS) is 11.0. The second kappa shape index (κ2) is 6.23. The summed E-state index contributed by atoms with van der Waals surface area (Å²) in [6.45, 7) is 3.99. The number of pyridine rings is 1. The number of nitrogens with zero attached hydrogens (tertiary/aromatic N) is 1. The zero-order chi connectivity index (χ0) is 18.1. The first-order valence-corrected chi connectivity index (χ1v) is 7.57. The molecule has 2 aromatic heterocycles. The van der Waals surface area contributed by atoms with Crippen molar-refractivity contribution in [2.45, 2.75) is 19.8 Å². The molecule has 8 heteroatoms. The predicted octanol–water partition coefficient (Wildman–Crippen LogP) is 3.41. The second-order valence-electron chi connectivity index (χ2n) is 5.85. The second-order valence-corrected chi connectivity index (χ2v) is 5.85. The van der Waals surface area contributed by atoms with Crippen LogP contribution in [0.4, 0.5) is 11.6 Å². The molecular weight excluding hydrogens is 326 g/mol. The van der Waals surface area contributed by atoms with Crippen molar-refractivity contribution < 1.29 is 14.1 Å². The van der Waals surface area contributed by atoms with Gasteiger partial charge in [-0.25, -0.2) is 0 Å². The molecule has 0 fully saturated rings. The molecule has 0 aliphatic heterocycles. The Balaban J connectivity index is 1.92. The molecule has 0 bridgehead atoms. The number of nitrogens with one attached hydrogen (secondary N) is 2. The first-order valence-electron chi connectivity index (χ1n) is 7.57. The molecule has 1 amide bonds. The van der Waals surface area contributed by atoms with Crippen LogP contribution in [-0.2, 0) is 0 Å². The van der Waals surface area contributed by atoms with Gasteiger partial charge in [-0.1, -0.05) is 19.9 Å². The lowest BCUT2D eigenvalue weighted by molar-refractivity contribution is -0.402. The minimum Gasteiger partial charge on any atom is -0.395 e. The molecule has 128 valence electrons. The Morgan fingerprint density at radius 2 is 2.00 bits per heavy atom. The van der Waals surface area contributed by atoms with Crippen LogP contribution in [0.3, 0.4) is 0 Å². The highest BCUT2D eigenvalue weighted by Crippen LogP contribution is 2.25. The third-order valence-corrected chi connectivity index (χ3v) is 3.75. The molecule has 0 saturated carbocycles. The van der Waals surface area contributed by atoms with Crippen LogP contribution < -0.4 is 10.9 Å². The maximum atomic E-state index is 12.1. The summed E-state index contributed by atoms with van der Waals surface area (Å²) in [7, 11) is 0. The van der Waals surface area contributed by atoms with Crippen molar-refractivity contribution >= 4 is 28.4 Å². The van der Waals surface area contributed by atoms with Gasteiger partial charge >= 0.3 is 5.88 Å². The number of aromatic nitrogens is 1. The molecule has 3 aromatic rings. The van der Waals surface area contributed by atoms with Gasteiger partial charge < -0.3 is 14.7 Å². The average Bonchev–Trinajstić information content (AvgIpc) is 3.04. The maximum absolute atomic E-state index is 12.1. The fourth-order valence-electron chi connectivity index (χ4n) is 2.58. The number of rotatable bonds is 4. The van der Waals surface area contributed by atoms with Gasteiger partial charge in [-0.3, -0.25) is 19.7 Å². The van der Waals surface area contributed by atoms with Gasteiger partial charge in [-0.05, 0) is 29.7 Å². The molecule has 2 N–H and O–H groups in total. The number of hydrogen-bond acceptors (Lipinski definition) is 5. The summed E-state index contributed by atoms with van der Waals surface area (Å²) in [5.74, 6) is -1.12. The van der Waals surface area contributed by atoms with Crippen LogP contribution in [-0.4, -0.2) is 15.8 Å². The van der Waals surface area contributed by atoms with Gasteiger partial charge in [0.1, 0.15) is 4.92 Å². The van der Waals surface area contributed by atoms with Crippen LogP contribution >= 0.6 is 0 Å². The number of aromatic amines is 1. The Morgan fingerprint density at radius 3 is 2.64 bits per heavy atom.